The first-order chi connectivity index (χ1) is 17.1. The van der Waals surface area contributed by atoms with E-state index in [0.717, 1.165) is 25.8 Å². The van der Waals surface area contributed by atoms with E-state index in [1.165, 1.54) is 36.8 Å². The lowest BCUT2D eigenvalue weighted by atomic mass is 9.47. The number of aliphatic imine (C=N–C) groups is 1. The molecule has 3 saturated carbocycles. The predicted molar refractivity (Wildman–Crippen MR) is 149 cm³/mol. The Hall–Kier alpha value is -1.23. The van der Waals surface area contributed by atoms with Crippen molar-refractivity contribution in [1.29, 1.82) is 0 Å². The average molecular weight is 495 g/mol. The highest BCUT2D eigenvalue weighted by Gasteiger charge is 2.72. The molecule has 0 radical (unpaired) electrons. The fourth-order valence-corrected chi connectivity index (χ4v) is 9.98. The van der Waals surface area contributed by atoms with Crippen LogP contribution in [0.3, 0.4) is 0 Å². The summed E-state index contributed by atoms with van der Waals surface area (Å²) in [6.07, 6.45) is 14.3. The van der Waals surface area contributed by atoms with Crippen molar-refractivity contribution in [1.82, 2.24) is 5.32 Å². The lowest BCUT2D eigenvalue weighted by Crippen LogP contribution is -2.49. The monoisotopic (exact) mass is 494 g/mol. The molecule has 0 aromatic heterocycles. The summed E-state index contributed by atoms with van der Waals surface area (Å²) in [5.74, 6) is 3.33. The second kappa shape index (κ2) is 9.50. The molecule has 9 atom stereocenters. The maximum absolute atomic E-state index is 11.1. The molecular formula is C32H50N2O2. The Bertz CT molecular complexity index is 963. The van der Waals surface area contributed by atoms with E-state index in [0.29, 0.717) is 48.2 Å². The summed E-state index contributed by atoms with van der Waals surface area (Å²) >= 11 is 0. The van der Waals surface area contributed by atoms with Gasteiger partial charge < -0.3 is 15.5 Å². The molecule has 1 heterocycles. The van der Waals surface area contributed by atoms with Crippen molar-refractivity contribution in [3.05, 3.63) is 35.5 Å². The topological polar surface area (TPSA) is 64.9 Å². The molecule has 0 aromatic carbocycles. The number of hydrogen-bond donors (Lipinski definition) is 3. The summed E-state index contributed by atoms with van der Waals surface area (Å²) in [5.41, 5.74) is 5.09. The van der Waals surface area contributed by atoms with E-state index < -0.39 is 0 Å². The molecule has 4 nitrogen and oxygen atoms in total. The molecule has 9 unspecified atom stereocenters. The number of allylic oxidation sites excluding steroid dienone is 4. The number of nitrogens with zero attached hydrogens (tertiary/aromatic N) is 1. The van der Waals surface area contributed by atoms with Crippen LogP contribution in [0, 0.1) is 51.8 Å². The molecule has 200 valence electrons. The highest BCUT2D eigenvalue weighted by atomic mass is 16.3. The maximum atomic E-state index is 11.1. The predicted octanol–water partition coefficient (Wildman–Crippen LogP) is 5.57. The van der Waals surface area contributed by atoms with Crippen LogP contribution in [-0.2, 0) is 0 Å². The smallest absolute Gasteiger partial charge is 0.0695 e. The molecule has 0 amide bonds. The van der Waals surface area contributed by atoms with Crippen LogP contribution in [-0.4, -0.2) is 49.3 Å². The van der Waals surface area contributed by atoms with Crippen LogP contribution in [0.25, 0.3) is 0 Å². The average Bonchev–Trinajstić information content (AvgIpc) is 3.19. The maximum Gasteiger partial charge on any atom is 0.0695 e. The first-order valence-corrected chi connectivity index (χ1v) is 14.6. The van der Waals surface area contributed by atoms with Crippen molar-refractivity contribution in [3.8, 4) is 0 Å². The summed E-state index contributed by atoms with van der Waals surface area (Å²) < 4.78 is 0. The Morgan fingerprint density at radius 3 is 2.69 bits per heavy atom. The summed E-state index contributed by atoms with van der Waals surface area (Å²) in [4.78, 5) is 4.39. The van der Waals surface area contributed by atoms with Gasteiger partial charge in [0, 0.05) is 19.4 Å². The zero-order chi connectivity index (χ0) is 25.9. The first kappa shape index (κ1) is 26.4. The highest BCUT2D eigenvalue weighted by molar-refractivity contribution is 5.80. The molecule has 4 aliphatic carbocycles. The van der Waals surface area contributed by atoms with Crippen molar-refractivity contribution in [2.75, 3.05) is 26.7 Å². The van der Waals surface area contributed by atoms with E-state index in [2.05, 4.69) is 56.7 Å². The van der Waals surface area contributed by atoms with Gasteiger partial charge in [0.2, 0.25) is 0 Å². The van der Waals surface area contributed by atoms with Crippen molar-refractivity contribution < 1.29 is 10.2 Å². The Balaban J connectivity index is 1.42. The molecule has 3 N–H and O–H groups in total. The fourth-order valence-electron chi connectivity index (χ4n) is 9.98. The normalized spacial score (nSPS) is 42.1. The molecule has 0 aromatic rings. The fraction of sp³-hybridized carbons (Fsp3) is 0.781. The lowest BCUT2D eigenvalue weighted by molar-refractivity contribution is 0.00855. The Labute approximate surface area is 219 Å². The zero-order valence-electron chi connectivity index (χ0n) is 23.4. The number of hydrogen-bond acceptors (Lipinski definition) is 4. The van der Waals surface area contributed by atoms with Gasteiger partial charge in [-0.3, -0.25) is 4.99 Å². The van der Waals surface area contributed by atoms with Gasteiger partial charge in [0.1, 0.15) is 0 Å². The van der Waals surface area contributed by atoms with Crippen molar-refractivity contribution >= 4 is 6.21 Å². The van der Waals surface area contributed by atoms with E-state index in [1.54, 1.807) is 5.57 Å². The molecule has 4 heteroatoms. The number of likely N-dealkylation sites (N-methyl/N-ethyl adjacent to an activating group) is 1. The van der Waals surface area contributed by atoms with Gasteiger partial charge in [-0.2, -0.15) is 0 Å². The van der Waals surface area contributed by atoms with Gasteiger partial charge in [-0.25, -0.2) is 0 Å². The number of aliphatic hydroxyl groups is 2. The minimum Gasteiger partial charge on any atom is -0.396 e. The molecule has 1 aliphatic heterocycles. The van der Waals surface area contributed by atoms with Gasteiger partial charge >= 0.3 is 0 Å². The first-order valence-electron chi connectivity index (χ1n) is 14.6. The van der Waals surface area contributed by atoms with E-state index in [9.17, 15) is 10.2 Å². The van der Waals surface area contributed by atoms with Crippen LogP contribution < -0.4 is 5.32 Å². The summed E-state index contributed by atoms with van der Waals surface area (Å²) in [6, 6.07) is 0. The van der Waals surface area contributed by atoms with Gasteiger partial charge in [-0.05, 0) is 109 Å². The minimum atomic E-state index is -0.332. The number of nitrogens with one attached hydrogen (secondary N) is 1. The molecule has 36 heavy (non-hydrogen) atoms. The molecule has 1 spiro atoms. The Morgan fingerprint density at radius 2 is 2.03 bits per heavy atom. The van der Waals surface area contributed by atoms with Gasteiger partial charge in [-0.1, -0.05) is 57.6 Å². The second-order valence-corrected chi connectivity index (χ2v) is 13.9. The van der Waals surface area contributed by atoms with E-state index in [-0.39, 0.29) is 22.9 Å². The Kier molecular flexibility index (Phi) is 6.96. The molecule has 0 saturated heterocycles. The SMILES string of the molecule is C=C1C=C2C3(CCC(CC(CC4=CCN=C4)C(O)CNC)C3)CC(CCO)C(C)C2(C)C2C1C2(C)C. The molecule has 5 rings (SSSR count). The third-order valence-corrected chi connectivity index (χ3v) is 11.7. The zero-order valence-corrected chi connectivity index (χ0v) is 23.4. The summed E-state index contributed by atoms with van der Waals surface area (Å²) in [5, 5.41) is 24.3. The van der Waals surface area contributed by atoms with Crippen molar-refractivity contribution in [2.24, 2.45) is 56.7 Å². The summed E-state index contributed by atoms with van der Waals surface area (Å²) in [7, 11) is 1.93. The van der Waals surface area contributed by atoms with E-state index in [1.807, 2.05) is 13.3 Å². The number of rotatable bonds is 9. The third kappa shape index (κ3) is 4.10. The standard InChI is InChI=1S/C32H50N2O2/c1-20-13-27-31(5,29-28(20)30(29,3)4)21(2)24(9-12-35)17-32(27)10-7-22(16-32)14-25(26(36)19-33-6)15-23-8-11-34-18-23/h8,13,18,21-22,24-26,28-29,33,35-36H,1,7,9-12,14-17,19H2,2-6H3. The minimum absolute atomic E-state index is 0.193. The van der Waals surface area contributed by atoms with Crippen LogP contribution in [0.2, 0.25) is 0 Å². The van der Waals surface area contributed by atoms with Crippen molar-refractivity contribution in [3.63, 3.8) is 0 Å². The van der Waals surface area contributed by atoms with Crippen molar-refractivity contribution in [2.45, 2.75) is 78.7 Å². The second-order valence-electron chi connectivity index (χ2n) is 13.9. The van der Waals surface area contributed by atoms with E-state index >= 15 is 0 Å². The number of fused-ring (bicyclic) bond motifs is 4. The molecular weight excluding hydrogens is 444 g/mol. The van der Waals surface area contributed by atoms with Crippen LogP contribution in [0.15, 0.2) is 40.4 Å². The van der Waals surface area contributed by atoms with Gasteiger partial charge in [0.05, 0.1) is 12.6 Å². The largest absolute Gasteiger partial charge is 0.396 e. The number of aliphatic hydroxyl groups excluding tert-OH is 2. The van der Waals surface area contributed by atoms with Crippen LogP contribution in [0.4, 0.5) is 0 Å². The van der Waals surface area contributed by atoms with Gasteiger partial charge in [-0.15, -0.1) is 0 Å². The van der Waals surface area contributed by atoms with Crippen LogP contribution in [0.1, 0.15) is 72.6 Å². The van der Waals surface area contributed by atoms with Gasteiger partial charge in [0.15, 0.2) is 0 Å². The highest BCUT2D eigenvalue weighted by Crippen LogP contribution is 2.79. The Morgan fingerprint density at radius 1 is 1.25 bits per heavy atom. The molecule has 3 fully saturated rings. The summed E-state index contributed by atoms with van der Waals surface area (Å²) in [6.45, 7) is 16.3. The third-order valence-electron chi connectivity index (χ3n) is 11.7. The van der Waals surface area contributed by atoms with Gasteiger partial charge in [0.25, 0.3) is 0 Å². The van der Waals surface area contributed by atoms with Crippen LogP contribution >= 0.6 is 0 Å². The van der Waals surface area contributed by atoms with E-state index in [4.69, 9.17) is 0 Å². The molecule has 5 aliphatic rings. The molecule has 0 bridgehead atoms. The quantitative estimate of drug-likeness (QED) is 0.392. The lowest BCUT2D eigenvalue weighted by Gasteiger charge is -2.57. The van der Waals surface area contributed by atoms with Crippen LogP contribution in [0.5, 0.6) is 0 Å².